The van der Waals surface area contributed by atoms with Crippen molar-refractivity contribution in [2.75, 3.05) is 0 Å². The first-order valence-electron chi connectivity index (χ1n) is 4.87. The second-order valence-corrected chi connectivity index (χ2v) is 5.23. The van der Waals surface area contributed by atoms with Crippen LogP contribution >= 0.6 is 20.7 Å². The molecule has 0 N–H and O–H groups in total. The maximum atomic E-state index is 3.99. The molecule has 2 rings (SSSR count). The summed E-state index contributed by atoms with van der Waals surface area (Å²) in [5.41, 5.74) is 4.02. The Morgan fingerprint density at radius 1 is 0.867 bits per heavy atom. The van der Waals surface area contributed by atoms with Crippen LogP contribution < -0.4 is 0 Å². The highest BCUT2D eigenvalue weighted by atomic mass is 127. The summed E-state index contributed by atoms with van der Waals surface area (Å²) < 4.78 is 5.16. The van der Waals surface area contributed by atoms with Crippen LogP contribution in [0.5, 0.6) is 0 Å². The summed E-state index contributed by atoms with van der Waals surface area (Å²) in [5.74, 6) is 0. The molecule has 0 fully saturated rings. The molecule has 76 valence electrons. The zero-order valence-electron chi connectivity index (χ0n) is 8.49. The number of hydrogen-bond donors (Lipinski definition) is 0. The molecule has 0 radical (unpaired) electrons. The van der Waals surface area contributed by atoms with Gasteiger partial charge >= 0.3 is 0 Å². The Morgan fingerprint density at radius 3 is 2.33 bits per heavy atom. The Morgan fingerprint density at radius 2 is 1.60 bits per heavy atom. The molecule has 15 heavy (non-hydrogen) atoms. The van der Waals surface area contributed by atoms with Crippen LogP contribution in [-0.2, 0) is 4.43 Å². The van der Waals surface area contributed by atoms with Gasteiger partial charge < -0.3 is 0 Å². The van der Waals surface area contributed by atoms with E-state index in [4.69, 9.17) is 0 Å². The Kier molecular flexibility index (Phi) is 3.67. The number of rotatable bonds is 3. The van der Waals surface area contributed by atoms with Gasteiger partial charge in [-0.3, -0.25) is 0 Å². The van der Waals surface area contributed by atoms with E-state index in [-0.39, 0.29) is 20.7 Å². The van der Waals surface area contributed by atoms with Gasteiger partial charge in [0, 0.05) is 4.43 Å². The zero-order chi connectivity index (χ0) is 10.5. The molecule has 0 atom stereocenters. The van der Waals surface area contributed by atoms with E-state index in [1.165, 1.54) is 21.1 Å². The van der Waals surface area contributed by atoms with Gasteiger partial charge in [0.1, 0.15) is 0 Å². The Hall–Kier alpha value is -0.960. The van der Waals surface area contributed by atoms with Crippen molar-refractivity contribution in [2.24, 2.45) is 0 Å². The van der Waals surface area contributed by atoms with Crippen LogP contribution in [0.2, 0.25) is 0 Å². The lowest BCUT2D eigenvalue weighted by atomic mass is 10.0. The van der Waals surface area contributed by atoms with E-state index in [1.807, 2.05) is 0 Å². The van der Waals surface area contributed by atoms with Gasteiger partial charge in [-0.2, -0.15) is 0 Å². The first kappa shape index (κ1) is 10.6. The lowest BCUT2D eigenvalue weighted by Crippen LogP contribution is -1.80. The largest absolute Gasteiger partial charge is 0.126 e. The first-order valence-corrected chi connectivity index (χ1v) is 7.92. The lowest BCUT2D eigenvalue weighted by molar-refractivity contribution is 1.45. The highest BCUT2D eigenvalue weighted by molar-refractivity contribution is 14.2. The molecule has 0 nitrogen and oxygen atoms in total. The van der Waals surface area contributed by atoms with Gasteiger partial charge in [-0.05, 0) is 16.7 Å². The first-order chi connectivity index (χ1) is 7.40. The van der Waals surface area contributed by atoms with Crippen LogP contribution in [0.25, 0.3) is 11.1 Å². The van der Waals surface area contributed by atoms with Gasteiger partial charge in [-0.15, -0.1) is 20.7 Å². The molecule has 0 aliphatic rings. The van der Waals surface area contributed by atoms with Crippen molar-refractivity contribution in [1.82, 2.24) is 0 Å². The van der Waals surface area contributed by atoms with Crippen LogP contribution in [0.1, 0.15) is 5.56 Å². The van der Waals surface area contributed by atoms with E-state index < -0.39 is 0 Å². The van der Waals surface area contributed by atoms with Crippen molar-refractivity contribution in [1.29, 1.82) is 0 Å². The third-order valence-electron chi connectivity index (χ3n) is 2.28. The standard InChI is InChI=1S/C14H13I/c1-15-11-12-6-5-9-14(10-12)13-7-3-2-4-8-13/h2-10H,1,11H2. The monoisotopic (exact) mass is 308 g/mol. The van der Waals surface area contributed by atoms with Gasteiger partial charge in [-0.25, -0.2) is 0 Å². The third kappa shape index (κ3) is 2.75. The van der Waals surface area contributed by atoms with Crippen molar-refractivity contribution in [3.05, 3.63) is 60.2 Å². The average Bonchev–Trinajstić information content (AvgIpc) is 2.31. The molecular weight excluding hydrogens is 295 g/mol. The molecule has 0 saturated heterocycles. The SMILES string of the molecule is C=ICc1cccc(-c2ccccc2)c1. The van der Waals surface area contributed by atoms with Gasteiger partial charge in [0.2, 0.25) is 0 Å². The van der Waals surface area contributed by atoms with Crippen LogP contribution in [0.3, 0.4) is 0 Å². The van der Waals surface area contributed by atoms with E-state index in [0.717, 1.165) is 0 Å². The maximum absolute atomic E-state index is 3.99. The molecule has 2 aromatic carbocycles. The number of hydrogen-bond acceptors (Lipinski definition) is 0. The van der Waals surface area contributed by atoms with Crippen molar-refractivity contribution in [3.8, 4) is 11.1 Å². The minimum absolute atomic E-state index is 0.0959. The summed E-state index contributed by atoms with van der Waals surface area (Å²) in [6, 6.07) is 19.3. The average molecular weight is 308 g/mol. The maximum Gasteiger partial charge on any atom is 0.0194 e. The molecule has 0 aliphatic carbocycles. The number of alkyl halides is 1. The Labute approximate surface area is 101 Å². The predicted molar refractivity (Wildman–Crippen MR) is 76.7 cm³/mol. The third-order valence-corrected chi connectivity index (χ3v) is 3.70. The van der Waals surface area contributed by atoms with Crippen molar-refractivity contribution >= 4 is 25.2 Å². The quantitative estimate of drug-likeness (QED) is 0.587. The summed E-state index contributed by atoms with van der Waals surface area (Å²) in [6.07, 6.45) is 0. The van der Waals surface area contributed by atoms with E-state index in [0.29, 0.717) is 0 Å². The van der Waals surface area contributed by atoms with Gasteiger partial charge in [0.25, 0.3) is 0 Å². The predicted octanol–water partition coefficient (Wildman–Crippen LogP) is 4.26. The van der Waals surface area contributed by atoms with Crippen molar-refractivity contribution < 1.29 is 0 Å². The molecule has 0 unspecified atom stereocenters. The smallest absolute Gasteiger partial charge is 0.0194 e. The summed E-state index contributed by atoms with van der Waals surface area (Å²) in [6.45, 7) is 0. The second-order valence-electron chi connectivity index (χ2n) is 3.39. The summed E-state index contributed by atoms with van der Waals surface area (Å²) in [7, 11) is 0. The molecule has 2 aromatic rings. The lowest BCUT2D eigenvalue weighted by Gasteiger charge is -2.03. The van der Waals surface area contributed by atoms with Gasteiger partial charge in [0.15, 0.2) is 0 Å². The molecule has 0 saturated carbocycles. The topological polar surface area (TPSA) is 0 Å². The highest BCUT2D eigenvalue weighted by Gasteiger charge is 1.97. The fourth-order valence-corrected chi connectivity index (χ4v) is 2.67. The molecule has 0 heterocycles. The minimum atomic E-state index is 0.0959. The summed E-state index contributed by atoms with van der Waals surface area (Å²) >= 11 is 0.0959. The molecular formula is C14H13I. The zero-order valence-corrected chi connectivity index (χ0v) is 10.6. The van der Waals surface area contributed by atoms with E-state index >= 15 is 0 Å². The number of benzene rings is 2. The number of halogens is 1. The molecule has 0 amide bonds. The van der Waals surface area contributed by atoms with E-state index in [2.05, 4.69) is 59.1 Å². The van der Waals surface area contributed by atoms with E-state index in [1.54, 1.807) is 0 Å². The van der Waals surface area contributed by atoms with Gasteiger partial charge in [-0.1, -0.05) is 59.1 Å². The fraction of sp³-hybridized carbons (Fsp3) is 0.0714. The molecule has 0 aromatic heterocycles. The van der Waals surface area contributed by atoms with Crippen LogP contribution in [0.4, 0.5) is 0 Å². The highest BCUT2D eigenvalue weighted by Crippen LogP contribution is 2.21. The second kappa shape index (κ2) is 5.21. The Balaban J connectivity index is 2.37. The summed E-state index contributed by atoms with van der Waals surface area (Å²) in [4.78, 5) is 0. The Bertz CT molecular complexity index is 446. The molecule has 0 bridgehead atoms. The normalized spacial score (nSPS) is 10.1. The van der Waals surface area contributed by atoms with E-state index in [9.17, 15) is 0 Å². The van der Waals surface area contributed by atoms with Crippen LogP contribution in [0.15, 0.2) is 54.6 Å². The molecule has 0 aliphatic heterocycles. The van der Waals surface area contributed by atoms with Crippen molar-refractivity contribution in [2.45, 2.75) is 4.43 Å². The molecule has 0 spiro atoms. The van der Waals surface area contributed by atoms with Crippen molar-refractivity contribution in [3.63, 3.8) is 0 Å². The fourth-order valence-electron chi connectivity index (χ4n) is 1.57. The van der Waals surface area contributed by atoms with Crippen LogP contribution in [-0.4, -0.2) is 4.51 Å². The summed E-state index contributed by atoms with van der Waals surface area (Å²) in [5, 5.41) is 0. The van der Waals surface area contributed by atoms with Gasteiger partial charge in [0.05, 0.1) is 0 Å². The van der Waals surface area contributed by atoms with Crippen LogP contribution in [0, 0.1) is 0 Å². The minimum Gasteiger partial charge on any atom is -0.126 e. The molecule has 1 heteroatoms.